The van der Waals surface area contributed by atoms with E-state index in [1.807, 2.05) is 6.92 Å². The quantitative estimate of drug-likeness (QED) is 0.848. The number of hydrogen-bond donors (Lipinski definition) is 1. The Balaban J connectivity index is 2.92. The molecule has 0 aliphatic carbocycles. The van der Waals surface area contributed by atoms with Gasteiger partial charge in [-0.05, 0) is 29.8 Å². The first-order valence-electron chi connectivity index (χ1n) is 4.07. The van der Waals surface area contributed by atoms with Crippen molar-refractivity contribution in [3.05, 3.63) is 10.2 Å². The lowest BCUT2D eigenvalue weighted by Gasteiger charge is -2.06. The Morgan fingerprint density at radius 1 is 1.64 bits per heavy atom. The molecule has 1 amide bonds. The van der Waals surface area contributed by atoms with E-state index in [0.29, 0.717) is 5.82 Å². The largest absolute Gasteiger partial charge is 0.309 e. The van der Waals surface area contributed by atoms with Crippen LogP contribution in [0, 0.1) is 6.92 Å². The molecule has 0 aliphatic heterocycles. The van der Waals surface area contributed by atoms with Gasteiger partial charge in [-0.2, -0.15) is 5.10 Å². The van der Waals surface area contributed by atoms with E-state index in [2.05, 4.69) is 42.3 Å². The summed E-state index contributed by atoms with van der Waals surface area (Å²) < 4.78 is 2.45. The number of alkyl halides is 1. The number of halogens is 2. The van der Waals surface area contributed by atoms with Gasteiger partial charge in [-0.25, -0.2) is 0 Å². The summed E-state index contributed by atoms with van der Waals surface area (Å²) in [6.45, 7) is 3.64. The SMILES string of the molecule is Cc1nn(C)c(NC(=O)C(C)Br)c1Br. The van der Waals surface area contributed by atoms with Crippen LogP contribution in [0.2, 0.25) is 0 Å². The van der Waals surface area contributed by atoms with E-state index in [1.54, 1.807) is 18.7 Å². The number of anilines is 1. The van der Waals surface area contributed by atoms with Crippen molar-refractivity contribution in [3.8, 4) is 0 Å². The molecule has 0 fully saturated rings. The molecule has 6 heteroatoms. The smallest absolute Gasteiger partial charge is 0.239 e. The first-order chi connectivity index (χ1) is 6.43. The maximum Gasteiger partial charge on any atom is 0.239 e. The lowest BCUT2D eigenvalue weighted by atomic mass is 10.4. The average molecular weight is 325 g/mol. The number of rotatable bonds is 2. The first-order valence-corrected chi connectivity index (χ1v) is 5.78. The molecule has 0 bridgehead atoms. The second kappa shape index (κ2) is 4.44. The monoisotopic (exact) mass is 323 g/mol. The van der Waals surface area contributed by atoms with Gasteiger partial charge in [-0.15, -0.1) is 0 Å². The van der Waals surface area contributed by atoms with Crippen LogP contribution in [0.15, 0.2) is 4.47 Å². The van der Waals surface area contributed by atoms with Crippen molar-refractivity contribution >= 4 is 43.6 Å². The highest BCUT2D eigenvalue weighted by Crippen LogP contribution is 2.25. The fourth-order valence-corrected chi connectivity index (χ4v) is 1.53. The summed E-state index contributed by atoms with van der Waals surface area (Å²) in [5.41, 5.74) is 0.852. The Morgan fingerprint density at radius 2 is 2.21 bits per heavy atom. The molecular weight excluding hydrogens is 314 g/mol. The summed E-state index contributed by atoms with van der Waals surface area (Å²) in [4.78, 5) is 11.2. The second-order valence-electron chi connectivity index (χ2n) is 2.98. The molecule has 14 heavy (non-hydrogen) atoms. The maximum atomic E-state index is 11.4. The Labute approximate surface area is 99.3 Å². The van der Waals surface area contributed by atoms with Gasteiger partial charge in [-0.3, -0.25) is 9.48 Å². The van der Waals surface area contributed by atoms with Crippen molar-refractivity contribution in [2.45, 2.75) is 18.7 Å². The molecular formula is C8H11Br2N3O. The lowest BCUT2D eigenvalue weighted by Crippen LogP contribution is -2.21. The van der Waals surface area contributed by atoms with Gasteiger partial charge in [0.15, 0.2) is 0 Å². The van der Waals surface area contributed by atoms with Crippen LogP contribution in [-0.4, -0.2) is 20.5 Å². The van der Waals surface area contributed by atoms with Crippen LogP contribution < -0.4 is 5.32 Å². The molecule has 1 aromatic rings. The van der Waals surface area contributed by atoms with Gasteiger partial charge in [0.2, 0.25) is 5.91 Å². The van der Waals surface area contributed by atoms with Gasteiger partial charge in [-0.1, -0.05) is 15.9 Å². The van der Waals surface area contributed by atoms with Gasteiger partial charge in [0.05, 0.1) is 15.0 Å². The number of nitrogens with zero attached hydrogens (tertiary/aromatic N) is 2. The first kappa shape index (κ1) is 11.7. The number of amides is 1. The highest BCUT2D eigenvalue weighted by Gasteiger charge is 2.15. The zero-order valence-corrected chi connectivity index (χ0v) is 11.3. The summed E-state index contributed by atoms with van der Waals surface area (Å²) in [5.74, 6) is 0.590. The summed E-state index contributed by atoms with van der Waals surface area (Å²) in [6, 6.07) is 0. The van der Waals surface area contributed by atoms with Crippen LogP contribution in [0.3, 0.4) is 0 Å². The number of aromatic nitrogens is 2. The average Bonchev–Trinajstić information content (AvgIpc) is 2.32. The van der Waals surface area contributed by atoms with E-state index in [-0.39, 0.29) is 10.7 Å². The number of nitrogens with one attached hydrogen (secondary N) is 1. The molecule has 78 valence electrons. The third kappa shape index (κ3) is 2.36. The maximum absolute atomic E-state index is 11.4. The van der Waals surface area contributed by atoms with Gasteiger partial charge in [0.25, 0.3) is 0 Å². The van der Waals surface area contributed by atoms with Gasteiger partial charge >= 0.3 is 0 Å². The van der Waals surface area contributed by atoms with E-state index < -0.39 is 0 Å². The van der Waals surface area contributed by atoms with Crippen LogP contribution >= 0.6 is 31.9 Å². The fourth-order valence-electron chi connectivity index (χ4n) is 0.984. The van der Waals surface area contributed by atoms with Crippen molar-refractivity contribution in [1.82, 2.24) is 9.78 Å². The standard InChI is InChI=1S/C8H11Br2N3O/c1-4(9)8(14)11-7-6(10)5(2)12-13(7)3/h4H,1-3H3,(H,11,14). The predicted octanol–water partition coefficient (Wildman–Crippen LogP) is 2.21. The van der Waals surface area contributed by atoms with Crippen molar-refractivity contribution < 1.29 is 4.79 Å². The summed E-state index contributed by atoms with van der Waals surface area (Å²) >= 11 is 6.56. The van der Waals surface area contributed by atoms with Crippen molar-refractivity contribution in [2.24, 2.45) is 7.05 Å². The minimum absolute atomic E-state index is 0.0892. The molecule has 0 saturated carbocycles. The topological polar surface area (TPSA) is 46.9 Å². The highest BCUT2D eigenvalue weighted by atomic mass is 79.9. The zero-order valence-electron chi connectivity index (χ0n) is 8.14. The summed E-state index contributed by atoms with van der Waals surface area (Å²) in [5, 5.41) is 6.93. The minimum atomic E-state index is -0.218. The normalized spacial score (nSPS) is 12.6. The Hall–Kier alpha value is -0.360. The van der Waals surface area contributed by atoms with Gasteiger partial charge in [0, 0.05) is 7.05 Å². The molecule has 0 aromatic carbocycles. The third-order valence-electron chi connectivity index (χ3n) is 1.75. The molecule has 4 nitrogen and oxygen atoms in total. The van der Waals surface area contributed by atoms with E-state index in [9.17, 15) is 4.79 Å². The molecule has 0 spiro atoms. The van der Waals surface area contributed by atoms with E-state index in [0.717, 1.165) is 10.2 Å². The van der Waals surface area contributed by atoms with Crippen LogP contribution in [0.1, 0.15) is 12.6 Å². The molecule has 1 aromatic heterocycles. The van der Waals surface area contributed by atoms with Crippen LogP contribution in [0.5, 0.6) is 0 Å². The zero-order chi connectivity index (χ0) is 10.9. The van der Waals surface area contributed by atoms with Crippen LogP contribution in [-0.2, 0) is 11.8 Å². The molecule has 0 aliphatic rings. The van der Waals surface area contributed by atoms with E-state index in [1.165, 1.54) is 0 Å². The lowest BCUT2D eigenvalue weighted by molar-refractivity contribution is -0.115. The Bertz CT molecular complexity index is 360. The number of aryl methyl sites for hydroxylation is 2. The Kier molecular flexibility index (Phi) is 3.71. The molecule has 0 saturated heterocycles. The van der Waals surface area contributed by atoms with Gasteiger partial charge in [0.1, 0.15) is 5.82 Å². The molecule has 0 radical (unpaired) electrons. The molecule has 1 rings (SSSR count). The molecule has 1 unspecified atom stereocenters. The highest BCUT2D eigenvalue weighted by molar-refractivity contribution is 9.10. The molecule has 1 N–H and O–H groups in total. The summed E-state index contributed by atoms with van der Waals surface area (Å²) in [7, 11) is 1.78. The van der Waals surface area contributed by atoms with Crippen LogP contribution in [0.25, 0.3) is 0 Å². The molecule has 1 heterocycles. The molecule has 1 atom stereocenters. The van der Waals surface area contributed by atoms with Gasteiger partial charge < -0.3 is 5.32 Å². The van der Waals surface area contributed by atoms with Crippen molar-refractivity contribution in [1.29, 1.82) is 0 Å². The third-order valence-corrected chi connectivity index (χ3v) is 3.12. The second-order valence-corrected chi connectivity index (χ2v) is 5.14. The van der Waals surface area contributed by atoms with E-state index >= 15 is 0 Å². The Morgan fingerprint density at radius 3 is 2.57 bits per heavy atom. The number of carbonyl (C=O) groups excluding carboxylic acids is 1. The minimum Gasteiger partial charge on any atom is -0.309 e. The van der Waals surface area contributed by atoms with E-state index in [4.69, 9.17) is 0 Å². The van der Waals surface area contributed by atoms with Crippen molar-refractivity contribution in [2.75, 3.05) is 5.32 Å². The number of carbonyl (C=O) groups is 1. The number of hydrogen-bond acceptors (Lipinski definition) is 2. The van der Waals surface area contributed by atoms with Crippen LogP contribution in [0.4, 0.5) is 5.82 Å². The summed E-state index contributed by atoms with van der Waals surface area (Å²) in [6.07, 6.45) is 0. The van der Waals surface area contributed by atoms with Crippen molar-refractivity contribution in [3.63, 3.8) is 0 Å². The fraction of sp³-hybridized carbons (Fsp3) is 0.500. The predicted molar refractivity (Wildman–Crippen MR) is 62.7 cm³/mol.